The van der Waals surface area contributed by atoms with E-state index in [0.29, 0.717) is 23.3 Å². The van der Waals surface area contributed by atoms with Crippen molar-refractivity contribution >= 4 is 11.6 Å². The minimum Gasteiger partial charge on any atom is -0.487 e. The van der Waals surface area contributed by atoms with Gasteiger partial charge in [0.2, 0.25) is 5.88 Å². The number of ether oxygens (including phenoxy) is 2. The highest BCUT2D eigenvalue weighted by atomic mass is 35.5. The van der Waals surface area contributed by atoms with Gasteiger partial charge < -0.3 is 15.2 Å². The van der Waals surface area contributed by atoms with E-state index in [1.165, 1.54) is 0 Å². The average molecular weight is 293 g/mol. The van der Waals surface area contributed by atoms with Crippen molar-refractivity contribution in [2.45, 2.75) is 19.6 Å². The van der Waals surface area contributed by atoms with Crippen molar-refractivity contribution in [3.63, 3.8) is 0 Å². The van der Waals surface area contributed by atoms with Crippen LogP contribution in [0.25, 0.3) is 0 Å². The van der Waals surface area contributed by atoms with E-state index in [0.717, 1.165) is 11.3 Å². The van der Waals surface area contributed by atoms with E-state index in [2.05, 4.69) is 4.98 Å². The molecule has 0 radical (unpaired) electrons. The molecule has 0 saturated carbocycles. The molecule has 1 aromatic carbocycles. The smallest absolute Gasteiger partial charge is 0.213 e. The van der Waals surface area contributed by atoms with E-state index >= 15 is 0 Å². The van der Waals surface area contributed by atoms with Crippen molar-refractivity contribution in [2.75, 3.05) is 7.11 Å². The fourth-order valence-corrected chi connectivity index (χ4v) is 1.99. The van der Waals surface area contributed by atoms with Gasteiger partial charge in [-0.3, -0.25) is 0 Å². The van der Waals surface area contributed by atoms with E-state index in [1.807, 2.05) is 31.2 Å². The fraction of sp³-hybridized carbons (Fsp3) is 0.267. The summed E-state index contributed by atoms with van der Waals surface area (Å²) in [5.74, 6) is 1.28. The molecule has 2 N–H and O–H groups in total. The zero-order valence-electron chi connectivity index (χ0n) is 11.5. The summed E-state index contributed by atoms with van der Waals surface area (Å²) in [6.45, 7) is 2.24. The molecule has 0 aliphatic carbocycles. The number of aromatic nitrogens is 1. The van der Waals surface area contributed by atoms with Crippen molar-refractivity contribution in [1.29, 1.82) is 0 Å². The zero-order valence-corrected chi connectivity index (χ0v) is 12.2. The molecule has 2 aromatic rings. The van der Waals surface area contributed by atoms with E-state index < -0.39 is 0 Å². The van der Waals surface area contributed by atoms with E-state index in [-0.39, 0.29) is 6.04 Å². The molecule has 0 unspecified atom stereocenters. The van der Waals surface area contributed by atoms with Crippen molar-refractivity contribution < 1.29 is 9.47 Å². The van der Waals surface area contributed by atoms with E-state index in [9.17, 15) is 0 Å². The van der Waals surface area contributed by atoms with Crippen LogP contribution in [-0.4, -0.2) is 12.1 Å². The third kappa shape index (κ3) is 3.62. The molecule has 5 heteroatoms. The largest absolute Gasteiger partial charge is 0.487 e. The average Bonchev–Trinajstić information content (AvgIpc) is 2.46. The standard InChI is InChI=1S/C15H17ClN2O2/c1-10(17)13-8-11(16)6-7-14(13)20-9-12-4-3-5-15(18-12)19-2/h3-8,10H,9,17H2,1-2H3/t10-/m0/s1. The lowest BCUT2D eigenvalue weighted by atomic mass is 10.1. The van der Waals surface area contributed by atoms with Crippen LogP contribution in [0.1, 0.15) is 24.2 Å². The number of benzene rings is 1. The molecule has 2 rings (SSSR count). The highest BCUT2D eigenvalue weighted by Crippen LogP contribution is 2.27. The number of rotatable bonds is 5. The van der Waals surface area contributed by atoms with Crippen LogP contribution in [0.2, 0.25) is 5.02 Å². The predicted molar refractivity (Wildman–Crippen MR) is 79.2 cm³/mol. The first kappa shape index (κ1) is 14.6. The fourth-order valence-electron chi connectivity index (χ4n) is 1.81. The van der Waals surface area contributed by atoms with E-state index in [4.69, 9.17) is 26.8 Å². The van der Waals surface area contributed by atoms with Gasteiger partial charge in [0.25, 0.3) is 0 Å². The van der Waals surface area contributed by atoms with Crippen molar-refractivity contribution in [3.05, 3.63) is 52.7 Å². The Hall–Kier alpha value is -1.78. The maximum Gasteiger partial charge on any atom is 0.213 e. The number of methoxy groups -OCH3 is 1. The lowest BCUT2D eigenvalue weighted by molar-refractivity contribution is 0.293. The van der Waals surface area contributed by atoms with Crippen LogP contribution in [0, 0.1) is 0 Å². The Morgan fingerprint density at radius 3 is 2.80 bits per heavy atom. The third-order valence-corrected chi connectivity index (χ3v) is 3.06. The number of nitrogens with two attached hydrogens (primary N) is 1. The minimum absolute atomic E-state index is 0.151. The van der Waals surface area contributed by atoms with E-state index in [1.54, 1.807) is 19.2 Å². The molecule has 0 saturated heterocycles. The first-order chi connectivity index (χ1) is 9.60. The highest BCUT2D eigenvalue weighted by molar-refractivity contribution is 6.30. The quantitative estimate of drug-likeness (QED) is 0.918. The van der Waals surface area contributed by atoms with Crippen LogP contribution in [0.5, 0.6) is 11.6 Å². The first-order valence-electron chi connectivity index (χ1n) is 6.28. The molecular weight excluding hydrogens is 276 g/mol. The summed E-state index contributed by atoms with van der Waals surface area (Å²) >= 11 is 5.98. The second-order valence-electron chi connectivity index (χ2n) is 4.43. The van der Waals surface area contributed by atoms with Crippen LogP contribution < -0.4 is 15.2 Å². The molecule has 106 valence electrons. The molecule has 1 heterocycles. The van der Waals surface area contributed by atoms with Crippen molar-refractivity contribution in [3.8, 4) is 11.6 Å². The van der Waals surface area contributed by atoms with Gasteiger partial charge in [-0.1, -0.05) is 17.7 Å². The Morgan fingerprint density at radius 2 is 2.10 bits per heavy atom. The molecule has 0 bridgehead atoms. The molecular formula is C15H17ClN2O2. The summed E-state index contributed by atoms with van der Waals surface area (Å²) in [5.41, 5.74) is 7.59. The first-order valence-corrected chi connectivity index (χ1v) is 6.65. The molecule has 0 spiro atoms. The predicted octanol–water partition coefficient (Wildman–Crippen LogP) is 3.34. The van der Waals surface area contributed by atoms with Gasteiger partial charge in [0.1, 0.15) is 12.4 Å². The Kier molecular flexibility index (Phi) is 4.82. The molecule has 0 aliphatic rings. The molecule has 1 atom stereocenters. The monoisotopic (exact) mass is 292 g/mol. The SMILES string of the molecule is COc1cccc(COc2ccc(Cl)cc2[C@H](C)N)n1. The lowest BCUT2D eigenvalue weighted by Crippen LogP contribution is -2.08. The molecule has 0 amide bonds. The Morgan fingerprint density at radius 1 is 1.30 bits per heavy atom. The molecule has 0 aliphatic heterocycles. The van der Waals surface area contributed by atoms with Gasteiger partial charge in [-0.05, 0) is 31.2 Å². The topological polar surface area (TPSA) is 57.4 Å². The molecule has 4 nitrogen and oxygen atoms in total. The number of nitrogens with zero attached hydrogens (tertiary/aromatic N) is 1. The van der Waals surface area contributed by atoms with Gasteiger partial charge in [0.15, 0.2) is 0 Å². The van der Waals surface area contributed by atoms with Crippen molar-refractivity contribution in [1.82, 2.24) is 4.98 Å². The normalized spacial score (nSPS) is 12.0. The lowest BCUT2D eigenvalue weighted by Gasteiger charge is -2.14. The number of hydrogen-bond donors (Lipinski definition) is 1. The van der Waals surface area contributed by atoms with Crippen LogP contribution in [-0.2, 0) is 6.61 Å². The number of halogens is 1. The minimum atomic E-state index is -0.151. The van der Waals surface area contributed by atoms with Gasteiger partial charge >= 0.3 is 0 Å². The van der Waals surface area contributed by atoms with Gasteiger partial charge in [-0.25, -0.2) is 4.98 Å². The summed E-state index contributed by atoms with van der Waals surface area (Å²) in [4.78, 5) is 4.29. The van der Waals surface area contributed by atoms with Gasteiger partial charge in [0, 0.05) is 22.7 Å². The highest BCUT2D eigenvalue weighted by Gasteiger charge is 2.09. The Balaban J connectivity index is 2.14. The summed E-state index contributed by atoms with van der Waals surface area (Å²) in [7, 11) is 1.58. The second-order valence-corrected chi connectivity index (χ2v) is 4.87. The maximum atomic E-state index is 5.98. The molecule has 0 fully saturated rings. The Bertz CT molecular complexity index is 588. The maximum absolute atomic E-state index is 5.98. The van der Waals surface area contributed by atoms with Crippen molar-refractivity contribution in [2.24, 2.45) is 5.73 Å². The summed E-state index contributed by atoms with van der Waals surface area (Å²) in [6, 6.07) is 10.8. The summed E-state index contributed by atoms with van der Waals surface area (Å²) < 4.78 is 10.9. The number of pyridine rings is 1. The summed E-state index contributed by atoms with van der Waals surface area (Å²) in [5, 5.41) is 0.643. The van der Waals surface area contributed by atoms with Crippen LogP contribution in [0.4, 0.5) is 0 Å². The van der Waals surface area contributed by atoms with Crippen LogP contribution in [0.15, 0.2) is 36.4 Å². The molecule has 1 aromatic heterocycles. The second kappa shape index (κ2) is 6.59. The third-order valence-electron chi connectivity index (χ3n) is 2.83. The van der Waals surface area contributed by atoms with Gasteiger partial charge in [0.05, 0.1) is 12.8 Å². The zero-order chi connectivity index (χ0) is 14.5. The summed E-state index contributed by atoms with van der Waals surface area (Å²) in [6.07, 6.45) is 0. The van der Waals surface area contributed by atoms with Crippen LogP contribution >= 0.6 is 11.6 Å². The van der Waals surface area contributed by atoms with Gasteiger partial charge in [-0.2, -0.15) is 0 Å². The number of hydrogen-bond acceptors (Lipinski definition) is 4. The van der Waals surface area contributed by atoms with Gasteiger partial charge in [-0.15, -0.1) is 0 Å². The van der Waals surface area contributed by atoms with Crippen LogP contribution in [0.3, 0.4) is 0 Å². The Labute approximate surface area is 123 Å². The molecule has 20 heavy (non-hydrogen) atoms.